The highest BCUT2D eigenvalue weighted by atomic mass is 35.5. The van der Waals surface area contributed by atoms with Gasteiger partial charge < -0.3 is 19.9 Å². The van der Waals surface area contributed by atoms with E-state index in [2.05, 4.69) is 5.32 Å². The van der Waals surface area contributed by atoms with Crippen molar-refractivity contribution in [3.63, 3.8) is 0 Å². The van der Waals surface area contributed by atoms with Crippen LogP contribution in [0, 0.1) is 0 Å². The molecule has 162 valence electrons. The number of unbranched alkanes of at least 4 members (excludes halogenated alkanes) is 3. The molecule has 6 nitrogen and oxygen atoms in total. The van der Waals surface area contributed by atoms with E-state index in [0.717, 1.165) is 31.4 Å². The van der Waals surface area contributed by atoms with Gasteiger partial charge in [0.1, 0.15) is 11.5 Å². The zero-order valence-corrected chi connectivity index (χ0v) is 18.0. The fourth-order valence-electron chi connectivity index (χ4n) is 2.60. The van der Waals surface area contributed by atoms with E-state index in [1.54, 1.807) is 42.5 Å². The van der Waals surface area contributed by atoms with E-state index in [9.17, 15) is 9.59 Å². The Bertz CT molecular complexity index is 827. The fraction of sp³-hybridized carbons (Fsp3) is 0.364. The lowest BCUT2D eigenvalue weighted by Crippen LogP contribution is -2.13. The van der Waals surface area contributed by atoms with Gasteiger partial charge in [-0.1, -0.05) is 23.2 Å². The standard InChI is InChI=1S/C22H25Cl2NO5/c23-16-5-10-20(19(24)15-16)30-14-4-2-1-3-13-29-18-8-6-17(7-9-18)25-21(26)11-12-22(27)28/h5-10,15H,1-4,11-14H2,(H,25,26)(H,27,28). The molecule has 0 saturated carbocycles. The molecule has 0 aliphatic heterocycles. The summed E-state index contributed by atoms with van der Waals surface area (Å²) in [7, 11) is 0. The van der Waals surface area contributed by atoms with Gasteiger partial charge in [-0.2, -0.15) is 0 Å². The van der Waals surface area contributed by atoms with Crippen LogP contribution in [0.15, 0.2) is 42.5 Å². The molecule has 2 aromatic rings. The Morgan fingerprint density at radius 1 is 0.867 bits per heavy atom. The third-order valence-corrected chi connectivity index (χ3v) is 4.69. The number of ether oxygens (including phenoxy) is 2. The molecule has 8 heteroatoms. The average Bonchev–Trinajstić information content (AvgIpc) is 2.71. The van der Waals surface area contributed by atoms with Gasteiger partial charge in [-0.15, -0.1) is 0 Å². The number of nitrogens with one attached hydrogen (secondary N) is 1. The van der Waals surface area contributed by atoms with Crippen molar-refractivity contribution in [1.29, 1.82) is 0 Å². The lowest BCUT2D eigenvalue weighted by atomic mass is 10.2. The SMILES string of the molecule is O=C(O)CCC(=O)Nc1ccc(OCCCCCCOc2ccc(Cl)cc2Cl)cc1. The molecule has 0 unspecified atom stereocenters. The zero-order chi connectivity index (χ0) is 21.8. The Morgan fingerprint density at radius 3 is 2.17 bits per heavy atom. The normalized spacial score (nSPS) is 10.5. The van der Waals surface area contributed by atoms with Crippen LogP contribution in [0.5, 0.6) is 11.5 Å². The Kier molecular flexibility index (Phi) is 10.3. The Balaban J connectivity index is 1.54. The minimum absolute atomic E-state index is 0.0502. The summed E-state index contributed by atoms with van der Waals surface area (Å²) in [6, 6.07) is 12.2. The van der Waals surface area contributed by atoms with Crippen LogP contribution in [-0.4, -0.2) is 30.2 Å². The summed E-state index contributed by atoms with van der Waals surface area (Å²) in [6.07, 6.45) is 3.66. The number of hydrogen-bond donors (Lipinski definition) is 2. The molecule has 2 aromatic carbocycles. The quantitative estimate of drug-likeness (QED) is 0.373. The molecule has 0 bridgehead atoms. The van der Waals surface area contributed by atoms with Crippen LogP contribution in [0.2, 0.25) is 10.0 Å². The third-order valence-electron chi connectivity index (χ3n) is 4.16. The number of anilines is 1. The van der Waals surface area contributed by atoms with Crippen molar-refractivity contribution in [1.82, 2.24) is 0 Å². The van der Waals surface area contributed by atoms with Crippen LogP contribution >= 0.6 is 23.2 Å². The van der Waals surface area contributed by atoms with E-state index >= 15 is 0 Å². The molecule has 30 heavy (non-hydrogen) atoms. The number of hydrogen-bond acceptors (Lipinski definition) is 4. The first-order valence-corrected chi connectivity index (χ1v) is 10.5. The number of carbonyl (C=O) groups excluding carboxylic acids is 1. The second kappa shape index (κ2) is 13.0. The van der Waals surface area contributed by atoms with Gasteiger partial charge in [0.2, 0.25) is 5.91 Å². The molecular weight excluding hydrogens is 429 g/mol. The Hall–Kier alpha value is -2.44. The monoisotopic (exact) mass is 453 g/mol. The maximum absolute atomic E-state index is 11.6. The van der Waals surface area contributed by atoms with E-state index in [-0.39, 0.29) is 18.7 Å². The van der Waals surface area contributed by atoms with Gasteiger partial charge in [0.05, 0.1) is 24.7 Å². The van der Waals surface area contributed by atoms with Crippen LogP contribution in [0.4, 0.5) is 5.69 Å². The van der Waals surface area contributed by atoms with Gasteiger partial charge in [0.15, 0.2) is 0 Å². The van der Waals surface area contributed by atoms with Crippen LogP contribution < -0.4 is 14.8 Å². The molecule has 1 amide bonds. The number of benzene rings is 2. The van der Waals surface area contributed by atoms with Gasteiger partial charge >= 0.3 is 5.97 Å². The topological polar surface area (TPSA) is 84.9 Å². The fourth-order valence-corrected chi connectivity index (χ4v) is 3.06. The minimum Gasteiger partial charge on any atom is -0.494 e. The smallest absolute Gasteiger partial charge is 0.303 e. The molecule has 0 fully saturated rings. The van der Waals surface area contributed by atoms with Gasteiger partial charge in [-0.05, 0) is 68.1 Å². The van der Waals surface area contributed by atoms with Crippen molar-refractivity contribution in [2.45, 2.75) is 38.5 Å². The summed E-state index contributed by atoms with van der Waals surface area (Å²) in [6.45, 7) is 1.20. The molecule has 0 saturated heterocycles. The summed E-state index contributed by atoms with van der Waals surface area (Å²) in [4.78, 5) is 22.1. The van der Waals surface area contributed by atoms with Crippen molar-refractivity contribution < 1.29 is 24.2 Å². The number of carboxylic acids is 1. The van der Waals surface area contributed by atoms with Crippen LogP contribution in [0.25, 0.3) is 0 Å². The van der Waals surface area contributed by atoms with Crippen molar-refractivity contribution in [2.75, 3.05) is 18.5 Å². The second-order valence-electron chi connectivity index (χ2n) is 6.65. The number of carbonyl (C=O) groups is 2. The molecule has 0 spiro atoms. The van der Waals surface area contributed by atoms with Gasteiger partial charge in [0.25, 0.3) is 0 Å². The number of rotatable bonds is 13. The third kappa shape index (κ3) is 9.37. The minimum atomic E-state index is -0.993. The molecule has 0 aromatic heterocycles. The summed E-state index contributed by atoms with van der Waals surface area (Å²) in [5.74, 6) is 0.0472. The van der Waals surface area contributed by atoms with Crippen LogP contribution in [0.3, 0.4) is 0 Å². The second-order valence-corrected chi connectivity index (χ2v) is 7.50. The van der Waals surface area contributed by atoms with E-state index in [1.807, 2.05) is 0 Å². The van der Waals surface area contributed by atoms with E-state index in [4.69, 9.17) is 37.8 Å². The summed E-state index contributed by atoms with van der Waals surface area (Å²) in [5.41, 5.74) is 0.610. The van der Waals surface area contributed by atoms with E-state index in [0.29, 0.717) is 34.7 Å². The number of aliphatic carboxylic acids is 1. The van der Waals surface area contributed by atoms with E-state index in [1.165, 1.54) is 0 Å². The summed E-state index contributed by atoms with van der Waals surface area (Å²) in [5, 5.41) is 12.3. The lowest BCUT2D eigenvalue weighted by molar-refractivity contribution is -0.138. The highest BCUT2D eigenvalue weighted by molar-refractivity contribution is 6.35. The first kappa shape index (κ1) is 23.8. The molecule has 0 aliphatic rings. The van der Waals surface area contributed by atoms with Gasteiger partial charge in [0, 0.05) is 17.1 Å². The number of amides is 1. The maximum Gasteiger partial charge on any atom is 0.303 e. The first-order chi connectivity index (χ1) is 14.4. The maximum atomic E-state index is 11.6. The first-order valence-electron chi connectivity index (χ1n) is 9.76. The Labute approximate surface area is 186 Å². The van der Waals surface area contributed by atoms with Crippen molar-refractivity contribution in [3.05, 3.63) is 52.5 Å². The summed E-state index contributed by atoms with van der Waals surface area (Å²) < 4.78 is 11.3. The molecule has 0 atom stereocenters. The van der Waals surface area contributed by atoms with Crippen molar-refractivity contribution >= 4 is 40.8 Å². The molecule has 2 rings (SSSR count). The van der Waals surface area contributed by atoms with Crippen LogP contribution in [-0.2, 0) is 9.59 Å². The predicted octanol–water partition coefficient (Wildman–Crippen LogP) is 5.81. The summed E-state index contributed by atoms with van der Waals surface area (Å²) >= 11 is 11.9. The van der Waals surface area contributed by atoms with Gasteiger partial charge in [-0.3, -0.25) is 9.59 Å². The Morgan fingerprint density at radius 2 is 1.53 bits per heavy atom. The van der Waals surface area contributed by atoms with Crippen LogP contribution in [0.1, 0.15) is 38.5 Å². The number of carboxylic acid groups (broad SMARTS) is 1. The van der Waals surface area contributed by atoms with Gasteiger partial charge in [-0.25, -0.2) is 0 Å². The molecule has 2 N–H and O–H groups in total. The largest absolute Gasteiger partial charge is 0.494 e. The van der Waals surface area contributed by atoms with Crippen molar-refractivity contribution in [2.24, 2.45) is 0 Å². The molecule has 0 aliphatic carbocycles. The highest BCUT2D eigenvalue weighted by Crippen LogP contribution is 2.27. The molecular formula is C22H25Cl2NO5. The lowest BCUT2D eigenvalue weighted by Gasteiger charge is -2.09. The average molecular weight is 454 g/mol. The molecule has 0 heterocycles. The molecule has 0 radical (unpaired) electrons. The highest BCUT2D eigenvalue weighted by Gasteiger charge is 2.06. The predicted molar refractivity (Wildman–Crippen MR) is 118 cm³/mol. The zero-order valence-electron chi connectivity index (χ0n) is 16.5. The van der Waals surface area contributed by atoms with E-state index < -0.39 is 5.97 Å². The number of halogens is 2. The van der Waals surface area contributed by atoms with Crippen molar-refractivity contribution in [3.8, 4) is 11.5 Å².